The van der Waals surface area contributed by atoms with Crippen LogP contribution >= 0.6 is 0 Å². The van der Waals surface area contributed by atoms with Gasteiger partial charge in [0.1, 0.15) is 11.5 Å². The average Bonchev–Trinajstić information content (AvgIpc) is 2.97. The van der Waals surface area contributed by atoms with E-state index in [2.05, 4.69) is 20.8 Å². The highest BCUT2D eigenvalue weighted by Crippen LogP contribution is 2.24. The number of rotatable bonds is 16. The van der Waals surface area contributed by atoms with Crippen molar-refractivity contribution in [2.45, 2.75) is 72.1 Å². The molecule has 208 valence electrons. The number of esters is 2. The predicted octanol–water partition coefficient (Wildman–Crippen LogP) is 8.91. The topological polar surface area (TPSA) is 61.8 Å². The van der Waals surface area contributed by atoms with Crippen LogP contribution in [0.3, 0.4) is 0 Å². The summed E-state index contributed by atoms with van der Waals surface area (Å²) in [6.07, 6.45) is 9.68. The molecule has 5 heteroatoms. The van der Waals surface area contributed by atoms with E-state index in [1.165, 1.54) is 38.5 Å². The van der Waals surface area contributed by atoms with Crippen LogP contribution in [-0.2, 0) is 4.74 Å². The van der Waals surface area contributed by atoms with Gasteiger partial charge in [-0.05, 0) is 72.0 Å². The fourth-order valence-electron chi connectivity index (χ4n) is 4.04. The summed E-state index contributed by atoms with van der Waals surface area (Å²) >= 11 is 0. The zero-order valence-corrected chi connectivity index (χ0v) is 23.6. The first-order chi connectivity index (χ1) is 19.0. The minimum atomic E-state index is -0.415. The Bertz CT molecular complexity index is 1130. The number of hydrogen-bond acceptors (Lipinski definition) is 5. The monoisotopic (exact) mass is 530 g/mol. The molecule has 0 spiro atoms. The van der Waals surface area contributed by atoms with Crippen LogP contribution in [0.5, 0.6) is 11.5 Å². The van der Waals surface area contributed by atoms with Gasteiger partial charge >= 0.3 is 11.9 Å². The number of benzene rings is 3. The number of unbranched alkanes of at least 4 members (excludes halogenated alkanes) is 6. The van der Waals surface area contributed by atoms with Crippen LogP contribution in [-0.4, -0.2) is 25.2 Å². The molecule has 0 amide bonds. The number of hydrogen-bond donors (Lipinski definition) is 0. The van der Waals surface area contributed by atoms with Gasteiger partial charge in [0, 0.05) is 0 Å². The number of carbonyl (C=O) groups is 2. The summed E-state index contributed by atoms with van der Waals surface area (Å²) in [5.74, 6) is 0.849. The summed E-state index contributed by atoms with van der Waals surface area (Å²) in [7, 11) is 0. The van der Waals surface area contributed by atoms with Gasteiger partial charge in [0.25, 0.3) is 0 Å². The van der Waals surface area contributed by atoms with Crippen LogP contribution < -0.4 is 9.47 Å². The lowest BCUT2D eigenvalue weighted by Gasteiger charge is -2.10. The minimum Gasteiger partial charge on any atom is -0.494 e. The molecule has 3 aromatic carbocycles. The summed E-state index contributed by atoms with van der Waals surface area (Å²) in [6, 6.07) is 21.7. The third-order valence-electron chi connectivity index (χ3n) is 6.82. The molecule has 0 fully saturated rings. The van der Waals surface area contributed by atoms with Crippen molar-refractivity contribution in [2.24, 2.45) is 5.92 Å². The van der Waals surface area contributed by atoms with E-state index in [1.807, 2.05) is 36.4 Å². The maximum atomic E-state index is 12.6. The highest BCUT2D eigenvalue weighted by Gasteiger charge is 2.11. The number of carbonyl (C=O) groups excluding carboxylic acids is 2. The maximum Gasteiger partial charge on any atom is 0.343 e. The van der Waals surface area contributed by atoms with E-state index < -0.39 is 5.97 Å². The van der Waals surface area contributed by atoms with Crippen LogP contribution in [0.15, 0.2) is 72.8 Å². The molecule has 0 bridgehead atoms. The lowest BCUT2D eigenvalue weighted by Crippen LogP contribution is -2.11. The molecule has 0 aliphatic heterocycles. The van der Waals surface area contributed by atoms with Crippen LogP contribution in [0, 0.1) is 5.92 Å². The maximum absolute atomic E-state index is 12.6. The van der Waals surface area contributed by atoms with Crippen molar-refractivity contribution in [1.29, 1.82) is 0 Å². The molecule has 0 radical (unpaired) electrons. The molecule has 0 heterocycles. The second-order valence-corrected chi connectivity index (χ2v) is 10.1. The van der Waals surface area contributed by atoms with E-state index in [4.69, 9.17) is 14.2 Å². The molecule has 3 rings (SSSR count). The smallest absolute Gasteiger partial charge is 0.343 e. The summed E-state index contributed by atoms with van der Waals surface area (Å²) in [4.78, 5) is 24.8. The average molecular weight is 531 g/mol. The lowest BCUT2D eigenvalue weighted by atomic mass is 10.0. The zero-order valence-electron chi connectivity index (χ0n) is 23.6. The summed E-state index contributed by atoms with van der Waals surface area (Å²) in [6.45, 7) is 7.48. The molecule has 0 N–H and O–H groups in total. The molecule has 0 aliphatic rings. The van der Waals surface area contributed by atoms with Gasteiger partial charge in [-0.3, -0.25) is 0 Å². The minimum absolute atomic E-state index is 0.308. The molecule has 0 saturated heterocycles. The van der Waals surface area contributed by atoms with Crippen molar-refractivity contribution >= 4 is 11.9 Å². The van der Waals surface area contributed by atoms with E-state index in [0.29, 0.717) is 36.0 Å². The third kappa shape index (κ3) is 10.2. The standard InChI is InChI=1S/C34H42O5/c1-4-6-7-8-9-10-11-24-37-31-20-18-30(19-21-31)34(36)39-32-22-16-28(17-23-32)27-12-14-29(15-13-27)33(35)38-25-26(3)5-2/h12-23,26H,4-11,24-25H2,1-3H3. The van der Waals surface area contributed by atoms with E-state index in [0.717, 1.165) is 29.7 Å². The van der Waals surface area contributed by atoms with Gasteiger partial charge in [-0.25, -0.2) is 9.59 Å². The van der Waals surface area contributed by atoms with Gasteiger partial charge < -0.3 is 14.2 Å². The normalized spacial score (nSPS) is 11.6. The van der Waals surface area contributed by atoms with Crippen LogP contribution in [0.25, 0.3) is 11.1 Å². The van der Waals surface area contributed by atoms with Crippen LogP contribution in [0.4, 0.5) is 0 Å². The predicted molar refractivity (Wildman–Crippen MR) is 157 cm³/mol. The largest absolute Gasteiger partial charge is 0.494 e. The van der Waals surface area contributed by atoms with Crippen molar-refractivity contribution < 1.29 is 23.8 Å². The molecule has 1 unspecified atom stereocenters. The highest BCUT2D eigenvalue weighted by molar-refractivity contribution is 5.91. The van der Waals surface area contributed by atoms with Crippen LogP contribution in [0.2, 0.25) is 0 Å². The summed E-state index contributed by atoms with van der Waals surface area (Å²) < 4.78 is 16.7. The third-order valence-corrected chi connectivity index (χ3v) is 6.82. The van der Waals surface area contributed by atoms with Gasteiger partial charge in [0.2, 0.25) is 0 Å². The fraction of sp³-hybridized carbons (Fsp3) is 0.412. The Morgan fingerprint density at radius 2 is 1.15 bits per heavy atom. The van der Waals surface area contributed by atoms with Gasteiger partial charge in [0.15, 0.2) is 0 Å². The van der Waals surface area contributed by atoms with Crippen molar-refractivity contribution in [3.8, 4) is 22.6 Å². The molecular weight excluding hydrogens is 488 g/mol. The molecule has 0 aliphatic carbocycles. The Morgan fingerprint density at radius 1 is 0.641 bits per heavy atom. The lowest BCUT2D eigenvalue weighted by molar-refractivity contribution is 0.0447. The van der Waals surface area contributed by atoms with Gasteiger partial charge in [0.05, 0.1) is 24.3 Å². The van der Waals surface area contributed by atoms with Crippen molar-refractivity contribution in [3.63, 3.8) is 0 Å². The summed E-state index contributed by atoms with van der Waals surface area (Å²) in [5.41, 5.74) is 2.91. The molecular formula is C34H42O5. The highest BCUT2D eigenvalue weighted by atomic mass is 16.5. The summed E-state index contributed by atoms with van der Waals surface area (Å²) in [5, 5.41) is 0. The number of ether oxygens (including phenoxy) is 3. The quantitative estimate of drug-likeness (QED) is 0.105. The first-order valence-electron chi connectivity index (χ1n) is 14.3. The first-order valence-corrected chi connectivity index (χ1v) is 14.3. The SMILES string of the molecule is CCCCCCCCCOc1ccc(C(=O)Oc2ccc(-c3ccc(C(=O)OCC(C)CC)cc3)cc2)cc1. The second kappa shape index (κ2) is 16.4. The van der Waals surface area contributed by atoms with Gasteiger partial charge in [-0.15, -0.1) is 0 Å². The first kappa shape index (κ1) is 29.9. The Labute approximate surface area is 233 Å². The van der Waals surface area contributed by atoms with Crippen molar-refractivity contribution in [1.82, 2.24) is 0 Å². The van der Waals surface area contributed by atoms with E-state index in [9.17, 15) is 9.59 Å². The van der Waals surface area contributed by atoms with Gasteiger partial charge in [-0.1, -0.05) is 90.0 Å². The van der Waals surface area contributed by atoms with Crippen molar-refractivity contribution in [2.75, 3.05) is 13.2 Å². The van der Waals surface area contributed by atoms with E-state index >= 15 is 0 Å². The van der Waals surface area contributed by atoms with E-state index in [1.54, 1.807) is 36.4 Å². The Hall–Kier alpha value is -3.60. The Balaban J connectivity index is 1.44. The molecule has 1 atom stereocenters. The van der Waals surface area contributed by atoms with Crippen LogP contribution in [0.1, 0.15) is 92.9 Å². The molecule has 0 aromatic heterocycles. The molecule has 3 aromatic rings. The van der Waals surface area contributed by atoms with Gasteiger partial charge in [-0.2, -0.15) is 0 Å². The zero-order chi connectivity index (χ0) is 27.9. The van der Waals surface area contributed by atoms with Crippen molar-refractivity contribution in [3.05, 3.63) is 83.9 Å². The Kier molecular flexibility index (Phi) is 12.6. The molecule has 5 nitrogen and oxygen atoms in total. The Morgan fingerprint density at radius 3 is 1.77 bits per heavy atom. The molecule has 39 heavy (non-hydrogen) atoms. The fourth-order valence-corrected chi connectivity index (χ4v) is 4.04. The molecule has 0 saturated carbocycles. The van der Waals surface area contributed by atoms with E-state index in [-0.39, 0.29) is 5.97 Å². The second-order valence-electron chi connectivity index (χ2n) is 10.1.